The quantitative estimate of drug-likeness (QED) is 0.355. The van der Waals surface area contributed by atoms with Gasteiger partial charge in [-0.3, -0.25) is 4.79 Å². The minimum absolute atomic E-state index is 0.110. The summed E-state index contributed by atoms with van der Waals surface area (Å²) < 4.78 is 31.7. The van der Waals surface area contributed by atoms with E-state index in [4.69, 9.17) is 19.9 Å². The first-order valence-electron chi connectivity index (χ1n) is 12.0. The summed E-state index contributed by atoms with van der Waals surface area (Å²) >= 11 is 1.58. The number of rotatable bonds is 7. The number of aliphatic carboxylic acids is 1. The lowest BCUT2D eigenvalue weighted by Gasteiger charge is -2.30. The molecule has 1 amide bonds. The standard InChI is InChI=1S/C24H29N5OS.C2HF3O2/c1-29(2)23-20-10-6-7-11-21(20)27-24(28-23)26-18-14-12-17(13-15-18)25-22(30)16-31-19-8-4-3-5-9-19;3-2(4,5)1(6)7/h3-11,17-18H,12-16H2,1-2H3,(H,25,30)(H,26,27,28);(H,6,7). The van der Waals surface area contributed by atoms with E-state index in [-0.39, 0.29) is 11.9 Å². The first-order valence-corrected chi connectivity index (χ1v) is 13.0. The lowest BCUT2D eigenvalue weighted by atomic mass is 9.91. The first-order chi connectivity index (χ1) is 18.0. The number of carbonyl (C=O) groups is 2. The third-order valence-corrected chi connectivity index (χ3v) is 6.80. The van der Waals surface area contributed by atoms with Gasteiger partial charge in [0.2, 0.25) is 11.9 Å². The summed E-state index contributed by atoms with van der Waals surface area (Å²) in [5.41, 5.74) is 0.945. The fourth-order valence-electron chi connectivity index (χ4n) is 3.96. The maximum absolute atomic E-state index is 12.3. The van der Waals surface area contributed by atoms with Gasteiger partial charge in [0.25, 0.3) is 0 Å². The Kier molecular flexibility index (Phi) is 10.2. The number of benzene rings is 2. The van der Waals surface area contributed by atoms with Crippen molar-refractivity contribution in [1.82, 2.24) is 15.3 Å². The number of hydrogen-bond donors (Lipinski definition) is 3. The summed E-state index contributed by atoms with van der Waals surface area (Å²) in [6, 6.07) is 18.7. The van der Waals surface area contributed by atoms with E-state index in [0.717, 1.165) is 47.3 Å². The van der Waals surface area contributed by atoms with Crippen molar-refractivity contribution >= 4 is 46.3 Å². The monoisotopic (exact) mass is 549 g/mol. The number of anilines is 2. The molecule has 8 nitrogen and oxygen atoms in total. The van der Waals surface area contributed by atoms with E-state index < -0.39 is 12.1 Å². The van der Waals surface area contributed by atoms with Crippen LogP contribution in [0.2, 0.25) is 0 Å². The smallest absolute Gasteiger partial charge is 0.475 e. The molecule has 1 aromatic heterocycles. The van der Waals surface area contributed by atoms with Crippen molar-refractivity contribution in [3.63, 3.8) is 0 Å². The highest BCUT2D eigenvalue weighted by atomic mass is 32.2. The second kappa shape index (κ2) is 13.3. The van der Waals surface area contributed by atoms with Crippen molar-refractivity contribution in [1.29, 1.82) is 0 Å². The molecule has 0 atom stereocenters. The van der Waals surface area contributed by atoms with Crippen molar-refractivity contribution in [3.05, 3.63) is 54.6 Å². The molecule has 0 spiro atoms. The van der Waals surface area contributed by atoms with Crippen LogP contribution in [0.25, 0.3) is 10.9 Å². The van der Waals surface area contributed by atoms with Gasteiger partial charge in [0, 0.05) is 36.5 Å². The van der Waals surface area contributed by atoms with E-state index in [9.17, 15) is 18.0 Å². The normalized spacial score (nSPS) is 17.2. The van der Waals surface area contributed by atoms with Crippen molar-refractivity contribution < 1.29 is 27.9 Å². The van der Waals surface area contributed by atoms with Crippen LogP contribution in [-0.2, 0) is 9.59 Å². The van der Waals surface area contributed by atoms with Gasteiger partial charge in [0.1, 0.15) is 5.82 Å². The topological polar surface area (TPSA) is 107 Å². The molecule has 38 heavy (non-hydrogen) atoms. The van der Waals surface area contributed by atoms with Gasteiger partial charge >= 0.3 is 12.1 Å². The molecular weight excluding hydrogens is 519 g/mol. The summed E-state index contributed by atoms with van der Waals surface area (Å²) in [7, 11) is 4.01. The van der Waals surface area contributed by atoms with Gasteiger partial charge in [0.15, 0.2) is 0 Å². The second-order valence-electron chi connectivity index (χ2n) is 8.95. The molecule has 204 valence electrons. The van der Waals surface area contributed by atoms with Crippen LogP contribution >= 0.6 is 11.8 Å². The predicted octanol–water partition coefficient (Wildman–Crippen LogP) is 4.96. The zero-order valence-corrected chi connectivity index (χ0v) is 21.9. The Balaban J connectivity index is 0.000000505. The summed E-state index contributed by atoms with van der Waals surface area (Å²) in [4.78, 5) is 33.8. The fourth-order valence-corrected chi connectivity index (χ4v) is 4.70. The molecule has 12 heteroatoms. The Hall–Kier alpha value is -3.54. The van der Waals surface area contributed by atoms with E-state index >= 15 is 0 Å². The Labute approximate surface area is 223 Å². The van der Waals surface area contributed by atoms with Gasteiger partial charge in [-0.1, -0.05) is 30.3 Å². The zero-order valence-electron chi connectivity index (χ0n) is 21.0. The average molecular weight is 550 g/mol. The molecule has 1 saturated carbocycles. The number of alkyl halides is 3. The first kappa shape index (κ1) is 29.0. The van der Waals surface area contributed by atoms with Crippen LogP contribution in [0.4, 0.5) is 24.9 Å². The van der Waals surface area contributed by atoms with Gasteiger partial charge < -0.3 is 20.6 Å². The van der Waals surface area contributed by atoms with Crippen LogP contribution in [0.1, 0.15) is 25.7 Å². The Morgan fingerprint density at radius 2 is 1.55 bits per heavy atom. The third kappa shape index (κ3) is 8.79. The SMILES string of the molecule is CN(C)c1nc(NC2CCC(NC(=O)CSc3ccccc3)CC2)nc2ccccc12.O=C(O)C(F)(F)F. The molecule has 1 aliphatic carbocycles. The van der Waals surface area contributed by atoms with E-state index in [2.05, 4.69) is 16.7 Å². The largest absolute Gasteiger partial charge is 0.490 e. The van der Waals surface area contributed by atoms with Crippen LogP contribution in [0.15, 0.2) is 59.5 Å². The highest BCUT2D eigenvalue weighted by Crippen LogP contribution is 2.26. The third-order valence-electron chi connectivity index (χ3n) is 5.79. The number of carbonyl (C=O) groups excluding carboxylic acids is 1. The number of carboxylic acid groups (broad SMARTS) is 1. The Morgan fingerprint density at radius 1 is 0.974 bits per heavy atom. The second-order valence-corrected chi connectivity index (χ2v) is 10.00. The molecule has 1 fully saturated rings. The van der Waals surface area contributed by atoms with E-state index in [0.29, 0.717) is 17.7 Å². The molecule has 1 aliphatic rings. The molecule has 3 aromatic rings. The number of amides is 1. The number of para-hydroxylation sites is 1. The number of aromatic nitrogens is 2. The summed E-state index contributed by atoms with van der Waals surface area (Å²) in [5, 5.41) is 14.9. The molecule has 0 unspecified atom stereocenters. The zero-order chi connectivity index (χ0) is 27.7. The summed E-state index contributed by atoms with van der Waals surface area (Å²) in [6.07, 6.45) is -1.17. The van der Waals surface area contributed by atoms with Crippen LogP contribution in [0.3, 0.4) is 0 Å². The summed E-state index contributed by atoms with van der Waals surface area (Å²) in [6.45, 7) is 0. The molecule has 4 rings (SSSR count). The van der Waals surface area contributed by atoms with E-state index in [1.54, 1.807) is 11.8 Å². The van der Waals surface area contributed by atoms with Gasteiger partial charge in [-0.2, -0.15) is 18.2 Å². The lowest BCUT2D eigenvalue weighted by molar-refractivity contribution is -0.192. The number of nitrogens with zero attached hydrogens (tertiary/aromatic N) is 3. The maximum Gasteiger partial charge on any atom is 0.490 e. The maximum atomic E-state index is 12.3. The number of halogens is 3. The molecular formula is C26H30F3N5O3S. The number of fused-ring (bicyclic) bond motifs is 1. The van der Waals surface area contributed by atoms with Gasteiger partial charge in [-0.15, -0.1) is 11.8 Å². The molecule has 1 heterocycles. The molecule has 3 N–H and O–H groups in total. The van der Waals surface area contributed by atoms with Crippen molar-refractivity contribution in [2.75, 3.05) is 30.1 Å². The van der Waals surface area contributed by atoms with Crippen molar-refractivity contribution in [2.24, 2.45) is 0 Å². The number of nitrogens with one attached hydrogen (secondary N) is 2. The van der Waals surface area contributed by atoms with Crippen molar-refractivity contribution in [2.45, 2.75) is 48.8 Å². The predicted molar refractivity (Wildman–Crippen MR) is 143 cm³/mol. The van der Waals surface area contributed by atoms with Crippen molar-refractivity contribution in [3.8, 4) is 0 Å². The summed E-state index contributed by atoms with van der Waals surface area (Å²) in [5.74, 6) is -0.592. The van der Waals surface area contributed by atoms with Crippen LogP contribution in [0, 0.1) is 0 Å². The van der Waals surface area contributed by atoms with Crippen LogP contribution in [-0.4, -0.2) is 65.1 Å². The number of thioether (sulfide) groups is 1. The molecule has 0 saturated heterocycles. The van der Waals surface area contributed by atoms with Crippen LogP contribution in [0.5, 0.6) is 0 Å². The Morgan fingerprint density at radius 3 is 2.16 bits per heavy atom. The lowest BCUT2D eigenvalue weighted by Crippen LogP contribution is -2.41. The highest BCUT2D eigenvalue weighted by Gasteiger charge is 2.38. The Bertz CT molecular complexity index is 1220. The van der Waals surface area contributed by atoms with E-state index in [1.807, 2.05) is 67.5 Å². The molecule has 0 bridgehead atoms. The van der Waals surface area contributed by atoms with Gasteiger partial charge in [-0.05, 0) is 49.9 Å². The average Bonchev–Trinajstić information content (AvgIpc) is 2.88. The highest BCUT2D eigenvalue weighted by molar-refractivity contribution is 8.00. The van der Waals surface area contributed by atoms with Crippen LogP contribution < -0.4 is 15.5 Å². The minimum Gasteiger partial charge on any atom is -0.475 e. The fraction of sp³-hybridized carbons (Fsp3) is 0.385. The molecule has 2 aromatic carbocycles. The van der Waals surface area contributed by atoms with E-state index in [1.165, 1.54) is 0 Å². The van der Waals surface area contributed by atoms with Gasteiger partial charge in [0.05, 0.1) is 11.3 Å². The number of carboxylic acids is 1. The van der Waals surface area contributed by atoms with Gasteiger partial charge in [-0.25, -0.2) is 9.78 Å². The minimum atomic E-state index is -5.08. The molecule has 0 radical (unpaired) electrons. The molecule has 0 aliphatic heterocycles. The number of hydrogen-bond acceptors (Lipinski definition) is 7.